The summed E-state index contributed by atoms with van der Waals surface area (Å²) in [5.74, 6) is 5.00. The van der Waals surface area contributed by atoms with Gasteiger partial charge in [0.05, 0.1) is 6.61 Å². The van der Waals surface area contributed by atoms with Crippen molar-refractivity contribution in [2.75, 3.05) is 26.8 Å². The lowest BCUT2D eigenvalue weighted by molar-refractivity contribution is 0.266. The standard InChI is InChI=1S/C11H14N2O4S/c1-13(4-6-15)18(16,17)11-7-10(3-2-5-14)8-12-9-11/h7-9,14-15H,4-6H2,1H3. The van der Waals surface area contributed by atoms with Crippen LogP contribution in [0.15, 0.2) is 23.4 Å². The summed E-state index contributed by atoms with van der Waals surface area (Å²) in [5, 5.41) is 17.3. The molecule has 0 fully saturated rings. The Balaban J connectivity index is 3.10. The first-order valence-corrected chi connectivity index (χ1v) is 6.58. The Morgan fingerprint density at radius 3 is 2.72 bits per heavy atom. The van der Waals surface area contributed by atoms with Gasteiger partial charge in [-0.05, 0) is 6.07 Å². The minimum atomic E-state index is -3.67. The average molecular weight is 270 g/mol. The fourth-order valence-electron chi connectivity index (χ4n) is 1.21. The largest absolute Gasteiger partial charge is 0.395 e. The Bertz CT molecular complexity index is 560. The molecule has 6 nitrogen and oxygen atoms in total. The summed E-state index contributed by atoms with van der Waals surface area (Å²) in [7, 11) is -2.30. The lowest BCUT2D eigenvalue weighted by Gasteiger charge is -2.15. The molecule has 98 valence electrons. The van der Waals surface area contributed by atoms with Gasteiger partial charge in [0.15, 0.2) is 0 Å². The molecule has 0 aliphatic carbocycles. The second kappa shape index (κ2) is 6.47. The van der Waals surface area contributed by atoms with Gasteiger partial charge in [-0.3, -0.25) is 4.98 Å². The Labute approximate surface area is 106 Å². The normalized spacial score (nSPS) is 11.1. The van der Waals surface area contributed by atoms with Gasteiger partial charge in [-0.1, -0.05) is 11.8 Å². The Morgan fingerprint density at radius 1 is 1.39 bits per heavy atom. The maximum Gasteiger partial charge on any atom is 0.244 e. The number of pyridine rings is 1. The zero-order valence-electron chi connectivity index (χ0n) is 9.87. The van der Waals surface area contributed by atoms with Crippen LogP contribution in [0.25, 0.3) is 0 Å². The van der Waals surface area contributed by atoms with Crippen LogP contribution in [0, 0.1) is 11.8 Å². The number of hydrogen-bond acceptors (Lipinski definition) is 5. The number of likely N-dealkylation sites (N-methyl/N-ethyl adjacent to an activating group) is 1. The molecule has 0 radical (unpaired) electrons. The van der Waals surface area contributed by atoms with E-state index in [2.05, 4.69) is 16.8 Å². The number of nitrogens with zero attached hydrogens (tertiary/aromatic N) is 2. The molecule has 0 spiro atoms. The SMILES string of the molecule is CN(CCO)S(=O)(=O)c1cncc(C#CCO)c1. The first kappa shape index (κ1) is 14.6. The summed E-state index contributed by atoms with van der Waals surface area (Å²) in [6.07, 6.45) is 2.63. The molecule has 0 amide bonds. The van der Waals surface area contributed by atoms with Gasteiger partial charge in [-0.25, -0.2) is 8.42 Å². The molecule has 0 bridgehead atoms. The topological polar surface area (TPSA) is 90.7 Å². The van der Waals surface area contributed by atoms with Crippen molar-refractivity contribution in [3.63, 3.8) is 0 Å². The summed E-state index contributed by atoms with van der Waals surface area (Å²) in [5.41, 5.74) is 0.405. The molecule has 0 atom stereocenters. The molecule has 0 aliphatic rings. The Morgan fingerprint density at radius 2 is 2.11 bits per heavy atom. The molecule has 2 N–H and O–H groups in total. The van der Waals surface area contributed by atoms with Crippen molar-refractivity contribution in [3.8, 4) is 11.8 Å². The van der Waals surface area contributed by atoms with Crippen molar-refractivity contribution in [3.05, 3.63) is 24.0 Å². The Kier molecular flexibility index (Phi) is 5.25. The predicted molar refractivity (Wildman–Crippen MR) is 65.1 cm³/mol. The second-order valence-electron chi connectivity index (χ2n) is 3.42. The van der Waals surface area contributed by atoms with Crippen LogP contribution in [-0.4, -0.2) is 54.7 Å². The van der Waals surface area contributed by atoms with Gasteiger partial charge in [-0.15, -0.1) is 0 Å². The number of aliphatic hydroxyl groups is 2. The fourth-order valence-corrected chi connectivity index (χ4v) is 2.36. The highest BCUT2D eigenvalue weighted by molar-refractivity contribution is 7.89. The molecule has 0 aliphatic heterocycles. The molecule has 1 heterocycles. The van der Waals surface area contributed by atoms with E-state index in [0.29, 0.717) is 5.56 Å². The zero-order chi connectivity index (χ0) is 13.6. The van der Waals surface area contributed by atoms with E-state index >= 15 is 0 Å². The van der Waals surface area contributed by atoms with Crippen LogP contribution >= 0.6 is 0 Å². The van der Waals surface area contributed by atoms with E-state index in [1.54, 1.807) is 0 Å². The van der Waals surface area contributed by atoms with Crippen LogP contribution in [0.4, 0.5) is 0 Å². The van der Waals surface area contributed by atoms with E-state index < -0.39 is 10.0 Å². The van der Waals surface area contributed by atoms with Crippen molar-refractivity contribution in [1.29, 1.82) is 0 Å². The third-order valence-corrected chi connectivity index (χ3v) is 3.97. The molecule has 1 aromatic heterocycles. The minimum Gasteiger partial charge on any atom is -0.395 e. The quantitative estimate of drug-likeness (QED) is 0.688. The lowest BCUT2D eigenvalue weighted by atomic mass is 10.3. The minimum absolute atomic E-state index is 0.00295. The van der Waals surface area contributed by atoms with Crippen LogP contribution in [-0.2, 0) is 10.0 Å². The predicted octanol–water partition coefficient (Wildman–Crippen LogP) is -0.962. The van der Waals surface area contributed by atoms with E-state index in [4.69, 9.17) is 10.2 Å². The average Bonchev–Trinajstić information content (AvgIpc) is 2.37. The maximum atomic E-state index is 12.0. The van der Waals surface area contributed by atoms with Gasteiger partial charge in [0.1, 0.15) is 11.5 Å². The summed E-state index contributed by atoms with van der Waals surface area (Å²) < 4.78 is 25.1. The summed E-state index contributed by atoms with van der Waals surface area (Å²) in [6, 6.07) is 1.37. The lowest BCUT2D eigenvalue weighted by Crippen LogP contribution is -2.29. The van der Waals surface area contributed by atoms with Crippen LogP contribution < -0.4 is 0 Å². The molecule has 1 rings (SSSR count). The maximum absolute atomic E-state index is 12.0. The van der Waals surface area contributed by atoms with E-state index in [9.17, 15) is 8.42 Å². The van der Waals surface area contributed by atoms with Crippen molar-refractivity contribution in [2.24, 2.45) is 0 Å². The molecule has 0 aromatic carbocycles. The van der Waals surface area contributed by atoms with Gasteiger partial charge in [0.2, 0.25) is 10.0 Å². The van der Waals surface area contributed by atoms with Crippen molar-refractivity contribution < 1.29 is 18.6 Å². The van der Waals surface area contributed by atoms with Gasteiger partial charge < -0.3 is 10.2 Å². The van der Waals surface area contributed by atoms with Crippen molar-refractivity contribution >= 4 is 10.0 Å². The summed E-state index contributed by atoms with van der Waals surface area (Å²) in [4.78, 5) is 3.80. The van der Waals surface area contributed by atoms with E-state index in [0.717, 1.165) is 4.31 Å². The highest BCUT2D eigenvalue weighted by Crippen LogP contribution is 2.13. The summed E-state index contributed by atoms with van der Waals surface area (Å²) >= 11 is 0. The molecule has 18 heavy (non-hydrogen) atoms. The Hall–Kier alpha value is -1.46. The fraction of sp³-hybridized carbons (Fsp3) is 0.364. The molecular weight excluding hydrogens is 256 g/mol. The smallest absolute Gasteiger partial charge is 0.244 e. The zero-order valence-corrected chi connectivity index (χ0v) is 10.7. The third kappa shape index (κ3) is 3.51. The number of sulfonamides is 1. The monoisotopic (exact) mass is 270 g/mol. The van der Waals surface area contributed by atoms with Crippen molar-refractivity contribution in [2.45, 2.75) is 4.90 Å². The van der Waals surface area contributed by atoms with Gasteiger partial charge >= 0.3 is 0 Å². The van der Waals surface area contributed by atoms with Gasteiger partial charge in [-0.2, -0.15) is 4.31 Å². The molecule has 0 saturated heterocycles. The summed E-state index contributed by atoms with van der Waals surface area (Å²) in [6.45, 7) is -0.552. The first-order valence-electron chi connectivity index (χ1n) is 5.14. The second-order valence-corrected chi connectivity index (χ2v) is 5.46. The third-order valence-electron chi connectivity index (χ3n) is 2.15. The number of hydrogen-bond donors (Lipinski definition) is 2. The van der Waals surface area contributed by atoms with Crippen LogP contribution in [0.5, 0.6) is 0 Å². The molecule has 0 saturated carbocycles. The highest BCUT2D eigenvalue weighted by Gasteiger charge is 2.20. The van der Waals surface area contributed by atoms with Crippen LogP contribution in [0.1, 0.15) is 5.56 Å². The van der Waals surface area contributed by atoms with E-state index in [1.807, 2.05) is 0 Å². The number of aliphatic hydroxyl groups excluding tert-OH is 2. The van der Waals surface area contributed by atoms with Gasteiger partial charge in [0.25, 0.3) is 0 Å². The number of aromatic nitrogens is 1. The van der Waals surface area contributed by atoms with Crippen molar-refractivity contribution in [1.82, 2.24) is 9.29 Å². The molecule has 0 unspecified atom stereocenters. The van der Waals surface area contributed by atoms with E-state index in [-0.39, 0.29) is 24.7 Å². The van der Waals surface area contributed by atoms with E-state index in [1.165, 1.54) is 25.5 Å². The highest BCUT2D eigenvalue weighted by atomic mass is 32.2. The molecular formula is C11H14N2O4S. The van der Waals surface area contributed by atoms with Crippen LogP contribution in [0.3, 0.4) is 0 Å². The van der Waals surface area contributed by atoms with Gasteiger partial charge in [0, 0.05) is 31.5 Å². The number of rotatable bonds is 4. The first-order chi connectivity index (χ1) is 8.52. The molecule has 1 aromatic rings. The molecule has 7 heteroatoms. The van der Waals surface area contributed by atoms with Crippen LogP contribution in [0.2, 0.25) is 0 Å².